The Morgan fingerprint density at radius 3 is 2.53 bits per heavy atom. The highest BCUT2D eigenvalue weighted by molar-refractivity contribution is 7.90. The van der Waals surface area contributed by atoms with Crippen molar-refractivity contribution in [3.63, 3.8) is 0 Å². The number of aromatic nitrogens is 1. The summed E-state index contributed by atoms with van der Waals surface area (Å²) >= 11 is 0. The van der Waals surface area contributed by atoms with Crippen LogP contribution in [-0.2, 0) is 9.84 Å². The minimum Gasteiger partial charge on any atom is -0.366 e. The molecule has 0 bridgehead atoms. The maximum absolute atomic E-state index is 11.7. The van der Waals surface area contributed by atoms with Gasteiger partial charge in [-0.3, -0.25) is 0 Å². The van der Waals surface area contributed by atoms with Crippen molar-refractivity contribution >= 4 is 9.84 Å². The molecule has 0 radical (unpaired) electrons. The van der Waals surface area contributed by atoms with Crippen LogP contribution in [0.4, 0.5) is 0 Å². The first-order chi connectivity index (χ1) is 8.04. The maximum atomic E-state index is 11.7. The number of hydrogen-bond donors (Lipinski definition) is 1. The van der Waals surface area contributed by atoms with Gasteiger partial charge in [0, 0.05) is 29.8 Å². The highest BCUT2D eigenvalue weighted by Gasteiger charge is 2.16. The second-order valence-corrected chi connectivity index (χ2v) is 5.65. The van der Waals surface area contributed by atoms with E-state index < -0.39 is 9.84 Å². The van der Waals surface area contributed by atoms with Crippen molar-refractivity contribution in [2.24, 2.45) is 0 Å². The lowest BCUT2D eigenvalue weighted by molar-refractivity contribution is 0.602. The fourth-order valence-electron chi connectivity index (χ4n) is 1.69. The Balaban J connectivity index is 2.74. The SMILES string of the molecule is CS(=O)(=O)c1ccccc1-c1c[nH]cc1C#N. The Bertz CT molecular complexity index is 693. The van der Waals surface area contributed by atoms with Gasteiger partial charge in [0.05, 0.1) is 10.5 Å². The van der Waals surface area contributed by atoms with Crippen LogP contribution in [0.1, 0.15) is 5.56 Å². The molecule has 17 heavy (non-hydrogen) atoms. The molecule has 0 atom stereocenters. The van der Waals surface area contributed by atoms with Gasteiger partial charge in [0.15, 0.2) is 9.84 Å². The van der Waals surface area contributed by atoms with Gasteiger partial charge >= 0.3 is 0 Å². The van der Waals surface area contributed by atoms with Gasteiger partial charge in [-0.1, -0.05) is 18.2 Å². The first-order valence-corrected chi connectivity index (χ1v) is 6.79. The predicted octanol–water partition coefficient (Wildman–Crippen LogP) is 1.96. The molecule has 2 rings (SSSR count). The van der Waals surface area contributed by atoms with Crippen molar-refractivity contribution in [1.29, 1.82) is 5.26 Å². The molecule has 1 heterocycles. The van der Waals surface area contributed by atoms with E-state index in [1.165, 1.54) is 0 Å². The van der Waals surface area contributed by atoms with E-state index in [1.807, 2.05) is 6.07 Å². The number of nitrogens with zero attached hydrogens (tertiary/aromatic N) is 1. The van der Waals surface area contributed by atoms with Crippen LogP contribution in [0.2, 0.25) is 0 Å². The van der Waals surface area contributed by atoms with E-state index in [0.29, 0.717) is 16.7 Å². The molecule has 0 fully saturated rings. The van der Waals surface area contributed by atoms with Crippen LogP contribution in [0, 0.1) is 11.3 Å². The van der Waals surface area contributed by atoms with Gasteiger partial charge in [-0.2, -0.15) is 5.26 Å². The molecule has 5 heteroatoms. The minimum atomic E-state index is -3.31. The summed E-state index contributed by atoms with van der Waals surface area (Å²) in [5.41, 5.74) is 1.59. The molecule has 0 unspecified atom stereocenters. The van der Waals surface area contributed by atoms with Crippen molar-refractivity contribution < 1.29 is 8.42 Å². The number of rotatable bonds is 2. The summed E-state index contributed by atoms with van der Waals surface area (Å²) in [6.45, 7) is 0. The summed E-state index contributed by atoms with van der Waals surface area (Å²) < 4.78 is 23.3. The smallest absolute Gasteiger partial charge is 0.176 e. The summed E-state index contributed by atoms with van der Waals surface area (Å²) in [6, 6.07) is 8.68. The van der Waals surface area contributed by atoms with E-state index in [1.54, 1.807) is 36.7 Å². The molecule has 86 valence electrons. The van der Waals surface area contributed by atoms with E-state index in [0.717, 1.165) is 6.26 Å². The van der Waals surface area contributed by atoms with Gasteiger partial charge in [-0.25, -0.2) is 8.42 Å². The third kappa shape index (κ3) is 2.08. The average molecular weight is 246 g/mol. The van der Waals surface area contributed by atoms with E-state index in [-0.39, 0.29) is 4.90 Å². The molecule has 4 nitrogen and oxygen atoms in total. The standard InChI is InChI=1S/C12H10N2O2S/c1-17(15,16)12-5-3-2-4-10(12)11-8-14-7-9(11)6-13/h2-5,7-8,14H,1H3. The Morgan fingerprint density at radius 1 is 1.18 bits per heavy atom. The molecule has 0 amide bonds. The van der Waals surface area contributed by atoms with Crippen LogP contribution in [-0.4, -0.2) is 19.7 Å². The normalized spacial score (nSPS) is 11.1. The third-order valence-electron chi connectivity index (χ3n) is 2.44. The number of nitrogens with one attached hydrogen (secondary N) is 1. The lowest BCUT2D eigenvalue weighted by Gasteiger charge is -2.06. The summed E-state index contributed by atoms with van der Waals surface area (Å²) in [4.78, 5) is 3.04. The molecule has 0 aliphatic heterocycles. The topological polar surface area (TPSA) is 73.7 Å². The van der Waals surface area contributed by atoms with Crippen LogP contribution >= 0.6 is 0 Å². The average Bonchev–Trinajstić information content (AvgIpc) is 2.75. The summed E-state index contributed by atoms with van der Waals surface area (Å²) in [7, 11) is -3.31. The second-order valence-electron chi connectivity index (χ2n) is 3.66. The number of sulfone groups is 1. The zero-order valence-electron chi connectivity index (χ0n) is 9.14. The molecule has 0 aliphatic carbocycles. The highest BCUT2D eigenvalue weighted by Crippen LogP contribution is 2.29. The van der Waals surface area contributed by atoms with Crippen molar-refractivity contribution in [2.45, 2.75) is 4.90 Å². The first kappa shape index (κ1) is 11.4. The van der Waals surface area contributed by atoms with Crippen molar-refractivity contribution in [3.8, 4) is 17.2 Å². The third-order valence-corrected chi connectivity index (χ3v) is 3.60. The molecule has 2 aromatic rings. The highest BCUT2D eigenvalue weighted by atomic mass is 32.2. The van der Waals surface area contributed by atoms with Gasteiger partial charge in [0.25, 0.3) is 0 Å². The zero-order valence-corrected chi connectivity index (χ0v) is 9.95. The van der Waals surface area contributed by atoms with Gasteiger partial charge in [-0.05, 0) is 6.07 Å². The number of aromatic amines is 1. The summed E-state index contributed by atoms with van der Waals surface area (Å²) in [5, 5.41) is 8.94. The fraction of sp³-hybridized carbons (Fsp3) is 0.0833. The van der Waals surface area contributed by atoms with E-state index in [4.69, 9.17) is 5.26 Å². The molecule has 0 spiro atoms. The number of benzene rings is 1. The van der Waals surface area contributed by atoms with E-state index in [2.05, 4.69) is 4.98 Å². The molecular formula is C12H10N2O2S. The quantitative estimate of drug-likeness (QED) is 0.880. The molecular weight excluding hydrogens is 236 g/mol. The molecule has 1 N–H and O–H groups in total. The zero-order chi connectivity index (χ0) is 12.5. The van der Waals surface area contributed by atoms with Gasteiger partial charge in [-0.15, -0.1) is 0 Å². The van der Waals surface area contributed by atoms with Crippen LogP contribution in [0.3, 0.4) is 0 Å². The minimum absolute atomic E-state index is 0.233. The summed E-state index contributed by atoms with van der Waals surface area (Å²) in [5.74, 6) is 0. The Labute approximate surface area is 99.4 Å². The lowest BCUT2D eigenvalue weighted by Crippen LogP contribution is -1.99. The molecule has 1 aromatic carbocycles. The van der Waals surface area contributed by atoms with Crippen molar-refractivity contribution in [2.75, 3.05) is 6.26 Å². The lowest BCUT2D eigenvalue weighted by atomic mass is 10.1. The van der Waals surface area contributed by atoms with Crippen molar-refractivity contribution in [3.05, 3.63) is 42.2 Å². The summed E-state index contributed by atoms with van der Waals surface area (Å²) in [6.07, 6.45) is 4.33. The van der Waals surface area contributed by atoms with Gasteiger partial charge in [0.2, 0.25) is 0 Å². The van der Waals surface area contributed by atoms with Crippen LogP contribution < -0.4 is 0 Å². The van der Waals surface area contributed by atoms with E-state index in [9.17, 15) is 8.42 Å². The number of nitriles is 1. The fourth-order valence-corrected chi connectivity index (χ4v) is 2.59. The number of hydrogen-bond acceptors (Lipinski definition) is 3. The molecule has 0 saturated carbocycles. The van der Waals surface area contributed by atoms with Crippen molar-refractivity contribution in [1.82, 2.24) is 4.98 Å². The maximum Gasteiger partial charge on any atom is 0.176 e. The van der Waals surface area contributed by atoms with Crippen LogP contribution in [0.15, 0.2) is 41.6 Å². The monoisotopic (exact) mass is 246 g/mol. The van der Waals surface area contributed by atoms with Crippen LogP contribution in [0.25, 0.3) is 11.1 Å². The van der Waals surface area contributed by atoms with Gasteiger partial charge in [0.1, 0.15) is 6.07 Å². The Hall–Kier alpha value is -2.06. The second kappa shape index (κ2) is 4.07. The number of H-pyrrole nitrogens is 1. The molecule has 1 aromatic heterocycles. The molecule has 0 saturated heterocycles. The predicted molar refractivity (Wildman–Crippen MR) is 64.1 cm³/mol. The van der Waals surface area contributed by atoms with Crippen LogP contribution in [0.5, 0.6) is 0 Å². The first-order valence-electron chi connectivity index (χ1n) is 4.90. The Morgan fingerprint density at radius 2 is 1.88 bits per heavy atom. The molecule has 0 aliphatic rings. The van der Waals surface area contributed by atoms with E-state index >= 15 is 0 Å². The van der Waals surface area contributed by atoms with Gasteiger partial charge < -0.3 is 4.98 Å². The largest absolute Gasteiger partial charge is 0.366 e. The Kier molecular flexibility index (Phi) is 2.74.